The molecule has 638 valence electrons. The van der Waals surface area contributed by atoms with Gasteiger partial charge in [-0.15, -0.1) is 0 Å². The Morgan fingerprint density at radius 1 is 0.586 bits per heavy atom. The molecule has 6 atom stereocenters. The maximum atomic E-state index is 14.1. The third-order valence-electron chi connectivity index (χ3n) is 20.8. The van der Waals surface area contributed by atoms with Gasteiger partial charge in [0.05, 0.1) is 16.9 Å². The number of aryl methyl sites for hydroxylation is 1. The normalized spacial score (nSPS) is 17.2. The van der Waals surface area contributed by atoms with E-state index in [2.05, 4.69) is 68.8 Å². The molecule has 0 spiro atoms. The van der Waals surface area contributed by atoms with Crippen LogP contribution in [0.15, 0.2) is 59.5 Å². The number of ether oxygens (including phenoxy) is 2. The summed E-state index contributed by atoms with van der Waals surface area (Å²) in [5, 5.41) is 34.9. The summed E-state index contributed by atoms with van der Waals surface area (Å²) >= 11 is -3.88. The molecule has 0 aromatic heterocycles. The zero-order valence-electron chi connectivity index (χ0n) is 67.9. The van der Waals surface area contributed by atoms with Gasteiger partial charge in [0.2, 0.25) is 21.8 Å². The second-order valence-corrected chi connectivity index (χ2v) is 36.5. The minimum Gasteiger partial charge on any atom is -0.481 e. The molecule has 3 aromatic carbocycles. The molecule has 4 aliphatic rings. The summed E-state index contributed by atoms with van der Waals surface area (Å²) in [5.41, 5.74) is 4.46. The number of carboxylic acids is 2. The third kappa shape index (κ3) is 35.7. The fraction of sp³-hybridized carbons (Fsp3) is 0.610. The molecule has 3 aromatic rings. The van der Waals surface area contributed by atoms with E-state index in [1.54, 1.807) is 19.1 Å². The first kappa shape index (κ1) is 96.2. The minimum atomic E-state index is -3.93. The Morgan fingerprint density at radius 3 is 1.78 bits per heavy atom. The molecule has 4 heterocycles. The van der Waals surface area contributed by atoms with Crippen molar-refractivity contribution in [1.82, 2.24) is 50.9 Å². The van der Waals surface area contributed by atoms with Crippen molar-refractivity contribution in [2.24, 2.45) is 5.92 Å². The largest absolute Gasteiger partial charge is 0.481 e. The number of ketones is 2. The molecule has 5 unspecified atom stereocenters. The van der Waals surface area contributed by atoms with E-state index < -0.39 is 74.1 Å². The Hall–Kier alpha value is -8.63. The van der Waals surface area contributed by atoms with E-state index in [0.29, 0.717) is 160 Å². The number of urea groups is 1. The number of carboxylic acid groups (broad SMARTS) is 2. The van der Waals surface area contributed by atoms with Crippen LogP contribution in [0.5, 0.6) is 11.5 Å². The summed E-state index contributed by atoms with van der Waals surface area (Å²) in [7, 11) is -3.93. The summed E-state index contributed by atoms with van der Waals surface area (Å²) in [4.78, 5) is 167. The van der Waals surface area contributed by atoms with Gasteiger partial charge in [0.1, 0.15) is 17.3 Å². The van der Waals surface area contributed by atoms with Crippen molar-refractivity contribution in [3.63, 3.8) is 0 Å². The maximum Gasteiger partial charge on any atom is 0.373 e. The van der Waals surface area contributed by atoms with E-state index in [9.17, 15) is 66.3 Å². The number of hydrogen-bond acceptors (Lipinski definition) is 24. The number of cyclic esters (lactones) is 1. The molecule has 7 rings (SSSR count). The first-order valence-electron chi connectivity index (χ1n) is 41.0. The third-order valence-corrected chi connectivity index (χ3v) is 26.5. The quantitative estimate of drug-likeness (QED) is 0.0215. The van der Waals surface area contributed by atoms with Gasteiger partial charge in [0.15, 0.2) is 5.78 Å². The summed E-state index contributed by atoms with van der Waals surface area (Å²) in [6, 6.07) is 15.6. The predicted octanol–water partition coefficient (Wildman–Crippen LogP) is 4.90. The molecule has 32 nitrogen and oxygen atoms in total. The number of nitrogens with one attached hydrogen (secondary N) is 6. The van der Waals surface area contributed by atoms with Crippen molar-refractivity contribution >= 4 is 121 Å². The zero-order chi connectivity index (χ0) is 84.4. The van der Waals surface area contributed by atoms with Gasteiger partial charge >= 0.3 is 221 Å². The SMILES string of the molecule is C=c1ccc2c(c1)Oc1cc(N(CC)CC)ccc1C=2c1ccc(S(=O)(=O)NCCCCCC(=O)NC(CCCCNC(=O)CN2CCN3CCN4CCN(CC2)CC(=O)[O][In]([CH2]OC(=O)C3)[O]C(=O)C4)C(=O)CCCCCC(CC(=O)CCCCCCC(=O)NCCCCCNC(=O)N[C@H](C)CCC(=O)O)C(=O)O)cc1C.O=C=O. The van der Waals surface area contributed by atoms with Crippen LogP contribution in [0.2, 0.25) is 0 Å². The number of fused-ring (bicyclic) bond motifs is 9. The van der Waals surface area contributed by atoms with Crippen LogP contribution in [0.25, 0.3) is 12.2 Å². The van der Waals surface area contributed by atoms with Crippen molar-refractivity contribution in [1.29, 1.82) is 0 Å². The second-order valence-electron chi connectivity index (χ2n) is 30.0. The Bertz CT molecular complexity index is 4050. The van der Waals surface area contributed by atoms with E-state index >= 15 is 0 Å². The number of benzene rings is 3. The number of amides is 5. The summed E-state index contributed by atoms with van der Waals surface area (Å²) in [6.45, 7) is 18.3. The molecule has 0 saturated carbocycles. The first-order chi connectivity index (χ1) is 55.7. The molecule has 0 radical (unpaired) electrons. The number of Topliss-reactive ketones (excluding diaryl/α,β-unsaturated/α-hetero) is 2. The molecular formula is C82H120InN11O21S. The van der Waals surface area contributed by atoms with Gasteiger partial charge in [-0.2, -0.15) is 9.59 Å². The fourth-order valence-electron chi connectivity index (χ4n) is 14.2. The number of sulfonamides is 1. The van der Waals surface area contributed by atoms with Crippen molar-refractivity contribution < 1.29 is 96.1 Å². The molecule has 5 amide bonds. The van der Waals surface area contributed by atoms with Gasteiger partial charge in [-0.1, -0.05) is 56.9 Å². The standard InChI is InChI=1S/C81H122N11O19S.CO2.In/c1-7-92(8-2)62-32-35-67-71(53-62)111-70-50-58(3)30-34-66(70)79(67)65-36-33-64(51-59(65)4)112(108,109)85-41-22-12-18-29-73(96)87-68(26-19-23-39-83-74(97)54-88-42-44-89(55-76(100)101)45-46-90(56-77(102)103)47-49-91(48-43-88)57-78(104)110-6)69(94)27-16-11-14-24-61(80(105)106)52-63(93)25-15-9-10-17-28-72(95)82-38-20-13-21-40-84-81(107)86-60(5)31-37-75(98)99;2-1-3;/h30,32-36,50-51,53,60-61,68,85H,3,6-29,31,37-49,52,54-57H2,1-2,4-5H3,(H,82,95)(H,83,97)(H,87,96)(H,98,99)(H,100,101)(H,102,103)(H,105,106)(H2,84,86,107);;/q;;+2/p-2/t60-,61?,68?;;/m1../s1. The number of anilines is 1. The number of unbranched alkanes of at least 4 members (excludes halogenated alkanes) is 10. The number of carbonyl (C=O) groups excluding carboxylic acids is 11. The Morgan fingerprint density at radius 2 is 1.14 bits per heavy atom. The van der Waals surface area contributed by atoms with Crippen molar-refractivity contribution in [2.45, 2.75) is 199 Å². The van der Waals surface area contributed by atoms with Crippen LogP contribution in [0.3, 0.4) is 0 Å². The van der Waals surface area contributed by atoms with Gasteiger partial charge < -0.3 is 41.1 Å². The van der Waals surface area contributed by atoms with E-state index in [-0.39, 0.29) is 141 Å². The summed E-state index contributed by atoms with van der Waals surface area (Å²) < 4.78 is 53.3. The van der Waals surface area contributed by atoms with E-state index in [1.807, 2.05) is 56.9 Å². The number of rotatable bonds is 47. The Balaban J connectivity index is 0.00000686. The number of nitrogens with zero attached hydrogens (tertiary/aromatic N) is 5. The zero-order valence-corrected chi connectivity index (χ0v) is 72.0. The number of esters is 1. The smallest absolute Gasteiger partial charge is 0.373 e. The van der Waals surface area contributed by atoms with Gasteiger partial charge in [0, 0.05) is 105 Å². The predicted molar refractivity (Wildman–Crippen MR) is 432 cm³/mol. The molecule has 34 heteroatoms. The molecule has 0 aliphatic carbocycles. The molecule has 4 aliphatic heterocycles. The minimum absolute atomic E-state index is 0.0132. The van der Waals surface area contributed by atoms with Crippen molar-refractivity contribution in [3.05, 3.63) is 81.7 Å². The monoisotopic (exact) mass is 1740 g/mol. The van der Waals surface area contributed by atoms with Gasteiger partial charge in [-0.25, -0.2) is 17.9 Å². The van der Waals surface area contributed by atoms with Crippen LogP contribution in [-0.2, 0) is 78.0 Å². The maximum absolute atomic E-state index is 14.1. The molecule has 3 fully saturated rings. The van der Waals surface area contributed by atoms with Gasteiger partial charge in [0.25, 0.3) is 0 Å². The Labute approximate surface area is 689 Å². The summed E-state index contributed by atoms with van der Waals surface area (Å²) in [6.07, 6.45) is 10.4. The van der Waals surface area contributed by atoms with Gasteiger partial charge in [-0.05, 0) is 151 Å². The summed E-state index contributed by atoms with van der Waals surface area (Å²) in [5.74, 6) is -4.11. The molecule has 3 saturated heterocycles. The molecular weight excluding hydrogens is 1620 g/mol. The number of aliphatic carboxylic acids is 2. The van der Waals surface area contributed by atoms with Crippen molar-refractivity contribution in [3.8, 4) is 11.5 Å². The first-order valence-corrected chi connectivity index (χ1v) is 47.5. The second kappa shape index (κ2) is 52.2. The van der Waals surface area contributed by atoms with Gasteiger partial charge in [-0.3, -0.25) is 28.8 Å². The molecule has 8 N–H and O–H groups in total. The average molecular weight is 1740 g/mol. The van der Waals surface area contributed by atoms with E-state index in [0.717, 1.165) is 77.2 Å². The van der Waals surface area contributed by atoms with Crippen LogP contribution in [0.1, 0.15) is 192 Å². The van der Waals surface area contributed by atoms with Crippen LogP contribution in [0, 0.1) is 12.8 Å². The number of hydrogen-bond donors (Lipinski definition) is 8. The molecule has 116 heavy (non-hydrogen) atoms. The topological polar surface area (TPSA) is 422 Å². The van der Waals surface area contributed by atoms with E-state index in [4.69, 9.17) is 29.9 Å². The van der Waals surface area contributed by atoms with Crippen LogP contribution >= 0.6 is 0 Å². The van der Waals surface area contributed by atoms with Crippen LogP contribution in [0.4, 0.5) is 10.5 Å². The van der Waals surface area contributed by atoms with Crippen molar-refractivity contribution in [2.75, 3.05) is 127 Å². The van der Waals surface area contributed by atoms with Crippen LogP contribution in [-0.4, -0.2) is 266 Å². The van der Waals surface area contributed by atoms with Crippen LogP contribution < -0.4 is 51.4 Å². The fourth-order valence-corrected chi connectivity index (χ4v) is 19.0. The van der Waals surface area contributed by atoms with E-state index in [1.165, 1.54) is 0 Å². The Kier molecular flexibility index (Phi) is 43.3. The number of carbonyl (C=O) groups is 11. The molecule has 4 bridgehead atoms. The average Bonchev–Trinajstić information content (AvgIpc) is 0.756.